The zero-order valence-electron chi connectivity index (χ0n) is 15.1. The lowest BCUT2D eigenvalue weighted by atomic mass is 9.62. The largest absolute Gasteiger partial charge is 0.507 e. The van der Waals surface area contributed by atoms with Gasteiger partial charge in [0.05, 0.1) is 5.41 Å². The SMILES string of the molecule is CCC1(C)CCC(CC)(C(=O)Oc2ccc(O)c(C#N)c2C#N)CC1. The number of benzene rings is 1. The van der Waals surface area contributed by atoms with Gasteiger partial charge in [-0.05, 0) is 49.7 Å². The number of aromatic hydroxyl groups is 1. The summed E-state index contributed by atoms with van der Waals surface area (Å²) in [7, 11) is 0. The van der Waals surface area contributed by atoms with E-state index in [1.54, 1.807) is 6.07 Å². The van der Waals surface area contributed by atoms with Gasteiger partial charge in [0.15, 0.2) is 0 Å². The highest BCUT2D eigenvalue weighted by Crippen LogP contribution is 2.49. The van der Waals surface area contributed by atoms with Gasteiger partial charge in [-0.15, -0.1) is 0 Å². The molecule has 25 heavy (non-hydrogen) atoms. The Morgan fingerprint density at radius 3 is 2.20 bits per heavy atom. The van der Waals surface area contributed by atoms with Gasteiger partial charge in [0.1, 0.15) is 34.8 Å². The normalized spacial score (nSPS) is 25.6. The van der Waals surface area contributed by atoms with E-state index < -0.39 is 5.41 Å². The van der Waals surface area contributed by atoms with Crippen molar-refractivity contribution in [1.82, 2.24) is 0 Å². The predicted octanol–water partition coefficient (Wildman–Crippen LogP) is 4.43. The van der Waals surface area contributed by atoms with Gasteiger partial charge in [-0.2, -0.15) is 10.5 Å². The van der Waals surface area contributed by atoms with Gasteiger partial charge in [-0.3, -0.25) is 4.79 Å². The predicted molar refractivity (Wildman–Crippen MR) is 92.8 cm³/mol. The fraction of sp³-hybridized carbons (Fsp3) is 0.550. The van der Waals surface area contributed by atoms with Crippen LogP contribution in [0.3, 0.4) is 0 Å². The van der Waals surface area contributed by atoms with Crippen LogP contribution in [0.25, 0.3) is 0 Å². The molecule has 1 N–H and O–H groups in total. The Kier molecular flexibility index (Phi) is 5.38. The first-order valence-corrected chi connectivity index (χ1v) is 8.73. The summed E-state index contributed by atoms with van der Waals surface area (Å²) < 4.78 is 5.55. The van der Waals surface area contributed by atoms with Crippen molar-refractivity contribution in [2.24, 2.45) is 10.8 Å². The summed E-state index contributed by atoms with van der Waals surface area (Å²) in [5, 5.41) is 28.1. The molecule has 0 spiro atoms. The molecule has 0 unspecified atom stereocenters. The molecule has 0 saturated heterocycles. The monoisotopic (exact) mass is 340 g/mol. The van der Waals surface area contributed by atoms with Crippen molar-refractivity contribution in [3.05, 3.63) is 23.3 Å². The number of carbonyl (C=O) groups excluding carboxylic acids is 1. The first-order chi connectivity index (χ1) is 11.8. The molecular formula is C20H24N2O3. The number of carbonyl (C=O) groups is 1. The zero-order valence-corrected chi connectivity index (χ0v) is 15.1. The van der Waals surface area contributed by atoms with E-state index in [0.717, 1.165) is 32.1 Å². The van der Waals surface area contributed by atoms with E-state index in [4.69, 9.17) is 10.00 Å². The number of esters is 1. The van der Waals surface area contributed by atoms with Crippen molar-refractivity contribution < 1.29 is 14.6 Å². The molecule has 1 aliphatic rings. The molecule has 5 nitrogen and oxygen atoms in total. The van der Waals surface area contributed by atoms with Crippen LogP contribution in [0.4, 0.5) is 0 Å². The minimum Gasteiger partial charge on any atom is -0.507 e. The van der Waals surface area contributed by atoms with Crippen LogP contribution in [0.2, 0.25) is 0 Å². The molecule has 0 aromatic heterocycles. The molecule has 0 radical (unpaired) electrons. The molecule has 0 heterocycles. The van der Waals surface area contributed by atoms with E-state index in [1.165, 1.54) is 12.1 Å². The van der Waals surface area contributed by atoms with Crippen molar-refractivity contribution in [1.29, 1.82) is 10.5 Å². The standard InChI is InChI=1S/C20H24N2O3/c1-4-19(3)8-10-20(5-2,11-9-19)18(24)25-17-7-6-16(23)14(12-21)15(17)13-22/h6-7,23H,4-5,8-11H2,1-3H3. The topological polar surface area (TPSA) is 94.1 Å². The minimum absolute atomic E-state index is 0.0403. The summed E-state index contributed by atoms with van der Waals surface area (Å²) in [6.07, 6.45) is 5.23. The quantitative estimate of drug-likeness (QED) is 0.646. The number of nitrogens with zero attached hydrogens (tertiary/aromatic N) is 2. The lowest BCUT2D eigenvalue weighted by Crippen LogP contribution is -2.40. The van der Waals surface area contributed by atoms with Crippen LogP contribution in [-0.4, -0.2) is 11.1 Å². The highest BCUT2D eigenvalue weighted by Gasteiger charge is 2.45. The average molecular weight is 340 g/mol. The number of hydrogen-bond acceptors (Lipinski definition) is 5. The summed E-state index contributed by atoms with van der Waals surface area (Å²) in [5.74, 6) is -0.599. The summed E-state index contributed by atoms with van der Waals surface area (Å²) in [6.45, 7) is 6.42. The maximum Gasteiger partial charge on any atom is 0.317 e. The third-order valence-corrected chi connectivity index (χ3v) is 5.95. The lowest BCUT2D eigenvalue weighted by molar-refractivity contribution is -0.150. The molecule has 1 aliphatic carbocycles. The van der Waals surface area contributed by atoms with E-state index in [2.05, 4.69) is 13.8 Å². The molecule has 0 atom stereocenters. The van der Waals surface area contributed by atoms with E-state index in [1.807, 2.05) is 13.0 Å². The number of phenols is 1. The Bertz CT molecular complexity index is 747. The van der Waals surface area contributed by atoms with Crippen LogP contribution in [0.15, 0.2) is 12.1 Å². The first-order valence-electron chi connectivity index (χ1n) is 8.73. The van der Waals surface area contributed by atoms with Crippen molar-refractivity contribution in [2.75, 3.05) is 0 Å². The Labute approximate surface area is 148 Å². The highest BCUT2D eigenvalue weighted by atomic mass is 16.5. The van der Waals surface area contributed by atoms with Crippen molar-refractivity contribution in [3.8, 4) is 23.6 Å². The molecule has 2 rings (SSSR count). The summed E-state index contributed by atoms with van der Waals surface area (Å²) in [5.41, 5.74) is -0.549. The Balaban J connectivity index is 2.28. The maximum atomic E-state index is 12.9. The highest BCUT2D eigenvalue weighted by molar-refractivity contribution is 5.80. The van der Waals surface area contributed by atoms with Gasteiger partial charge < -0.3 is 9.84 Å². The number of phenolic OH excluding ortho intramolecular Hbond substituents is 1. The van der Waals surface area contributed by atoms with E-state index >= 15 is 0 Å². The number of rotatable bonds is 4. The molecule has 5 heteroatoms. The van der Waals surface area contributed by atoms with Gasteiger partial charge in [0.25, 0.3) is 0 Å². The fourth-order valence-electron chi connectivity index (χ4n) is 3.48. The van der Waals surface area contributed by atoms with Gasteiger partial charge in [-0.25, -0.2) is 0 Å². The second-order valence-electron chi connectivity index (χ2n) is 7.24. The fourth-order valence-corrected chi connectivity index (χ4v) is 3.48. The van der Waals surface area contributed by atoms with Crippen molar-refractivity contribution >= 4 is 5.97 Å². The Hall–Kier alpha value is -2.53. The van der Waals surface area contributed by atoms with Crippen LogP contribution in [0.5, 0.6) is 11.5 Å². The van der Waals surface area contributed by atoms with Gasteiger partial charge in [-0.1, -0.05) is 27.2 Å². The van der Waals surface area contributed by atoms with E-state index in [9.17, 15) is 15.2 Å². The second-order valence-corrected chi connectivity index (χ2v) is 7.24. The summed E-state index contributed by atoms with van der Waals surface area (Å²) in [6, 6.07) is 6.29. The maximum absolute atomic E-state index is 12.9. The van der Waals surface area contributed by atoms with Crippen LogP contribution < -0.4 is 4.74 Å². The van der Waals surface area contributed by atoms with E-state index in [0.29, 0.717) is 6.42 Å². The molecule has 132 valence electrons. The molecule has 1 aromatic carbocycles. The lowest BCUT2D eigenvalue weighted by Gasteiger charge is -2.42. The molecule has 1 aromatic rings. The van der Waals surface area contributed by atoms with Crippen LogP contribution >= 0.6 is 0 Å². The summed E-state index contributed by atoms with van der Waals surface area (Å²) >= 11 is 0. The number of nitriles is 2. The van der Waals surface area contributed by atoms with Crippen molar-refractivity contribution in [3.63, 3.8) is 0 Å². The van der Waals surface area contributed by atoms with Crippen LogP contribution in [0.1, 0.15) is 70.4 Å². The molecule has 0 bridgehead atoms. The average Bonchev–Trinajstić information content (AvgIpc) is 2.63. The molecule has 0 aliphatic heterocycles. The number of hydrogen-bond donors (Lipinski definition) is 1. The van der Waals surface area contributed by atoms with Crippen LogP contribution in [0, 0.1) is 33.5 Å². The van der Waals surface area contributed by atoms with Gasteiger partial charge in [0.2, 0.25) is 0 Å². The molecular weight excluding hydrogens is 316 g/mol. The Morgan fingerprint density at radius 1 is 1.12 bits per heavy atom. The third-order valence-electron chi connectivity index (χ3n) is 5.95. The van der Waals surface area contributed by atoms with Crippen molar-refractivity contribution in [2.45, 2.75) is 59.3 Å². The van der Waals surface area contributed by atoms with E-state index in [-0.39, 0.29) is 34.0 Å². The van der Waals surface area contributed by atoms with Gasteiger partial charge >= 0.3 is 5.97 Å². The Morgan fingerprint density at radius 2 is 1.72 bits per heavy atom. The second kappa shape index (κ2) is 7.15. The first kappa shape index (κ1) is 18.8. The summed E-state index contributed by atoms with van der Waals surface area (Å²) in [4.78, 5) is 12.9. The zero-order chi connectivity index (χ0) is 18.7. The third kappa shape index (κ3) is 3.46. The minimum atomic E-state index is -0.550. The number of ether oxygens (including phenoxy) is 1. The smallest absolute Gasteiger partial charge is 0.317 e. The van der Waals surface area contributed by atoms with Gasteiger partial charge in [0, 0.05) is 0 Å². The van der Waals surface area contributed by atoms with Crippen LogP contribution in [-0.2, 0) is 4.79 Å². The molecule has 1 fully saturated rings. The molecule has 0 amide bonds. The molecule has 1 saturated carbocycles.